The number of hydrogen-bond donors (Lipinski definition) is 1. The van der Waals surface area contributed by atoms with Crippen LogP contribution in [0.1, 0.15) is 84.0 Å². The monoisotopic (exact) mass is 713 g/mol. The molecule has 0 bridgehead atoms. The van der Waals surface area contributed by atoms with Crippen molar-refractivity contribution in [3.8, 4) is 11.5 Å². The van der Waals surface area contributed by atoms with Gasteiger partial charge in [-0.25, -0.2) is 19.9 Å². The molecule has 10 nitrogen and oxygen atoms in total. The average molecular weight is 714 g/mol. The largest absolute Gasteiger partial charge is 0.415 e. The van der Waals surface area contributed by atoms with Crippen LogP contribution in [-0.2, 0) is 28.5 Å². The fraction of sp³-hybridized carbons (Fsp3) is 0.394. The van der Waals surface area contributed by atoms with Gasteiger partial charge in [0.05, 0.1) is 17.7 Å². The van der Waals surface area contributed by atoms with Crippen LogP contribution in [0.2, 0.25) is 0 Å². The molecule has 256 valence electrons. The van der Waals surface area contributed by atoms with E-state index in [1.54, 1.807) is 35.1 Å². The van der Waals surface area contributed by atoms with E-state index < -0.39 is 37.0 Å². The summed E-state index contributed by atoms with van der Waals surface area (Å²) in [7, 11) is 0. The van der Waals surface area contributed by atoms with E-state index in [-0.39, 0.29) is 22.3 Å². The lowest BCUT2D eigenvalue weighted by atomic mass is 9.63. The number of aromatic nitrogens is 6. The van der Waals surface area contributed by atoms with Gasteiger partial charge in [-0.2, -0.15) is 40.2 Å². The predicted octanol–water partition coefficient (Wildman–Crippen LogP) is 6.96. The number of amides is 1. The molecule has 0 atom stereocenters. The number of nitrogens with zero attached hydrogens (tertiary/aromatic N) is 6. The lowest BCUT2D eigenvalue weighted by molar-refractivity contribution is -0.131. The highest BCUT2D eigenvalue weighted by molar-refractivity contribution is 7.08. The van der Waals surface area contributed by atoms with Gasteiger partial charge in [0.25, 0.3) is 17.7 Å². The average Bonchev–Trinajstić information content (AvgIpc) is 3.88. The molecule has 2 saturated carbocycles. The topological polar surface area (TPSA) is 137 Å². The fourth-order valence-electron chi connectivity index (χ4n) is 6.01. The third kappa shape index (κ3) is 7.90. The highest BCUT2D eigenvalue weighted by Gasteiger charge is 2.40. The summed E-state index contributed by atoms with van der Waals surface area (Å²) in [6.07, 6.45) is 8.28. The molecule has 2 fully saturated rings. The Morgan fingerprint density at radius 2 is 1.33 bits per heavy atom. The van der Waals surface area contributed by atoms with Crippen LogP contribution in [0.15, 0.2) is 62.9 Å². The van der Waals surface area contributed by atoms with Gasteiger partial charge in [-0.05, 0) is 70.5 Å². The van der Waals surface area contributed by atoms with Crippen LogP contribution in [0.4, 0.5) is 17.6 Å². The number of ketones is 1. The first-order valence-corrected chi connectivity index (χ1v) is 17.4. The number of nitrogens with one attached hydrogen (secondary N) is 1. The van der Waals surface area contributed by atoms with Gasteiger partial charge in [-0.1, -0.05) is 12.8 Å². The lowest BCUT2D eigenvalue weighted by Crippen LogP contribution is -2.36. The smallest absolute Gasteiger partial charge is 0.315 e. The van der Waals surface area contributed by atoms with Crippen LogP contribution >= 0.6 is 22.7 Å². The summed E-state index contributed by atoms with van der Waals surface area (Å²) in [4.78, 5) is 39.9. The Labute approximate surface area is 286 Å². The summed E-state index contributed by atoms with van der Waals surface area (Å²) < 4.78 is 54.1. The molecule has 49 heavy (non-hydrogen) atoms. The summed E-state index contributed by atoms with van der Waals surface area (Å²) in [6.45, 7) is -0.495. The zero-order valence-corrected chi connectivity index (χ0v) is 27.7. The van der Waals surface area contributed by atoms with Crippen LogP contribution in [0.25, 0.3) is 11.5 Å². The maximum Gasteiger partial charge on any atom is 0.315 e. The maximum absolute atomic E-state index is 12.5. The maximum atomic E-state index is 12.5. The quantitative estimate of drug-likeness (QED) is 0.108. The number of carbonyl (C=O) groups excluding carboxylic acids is 2. The minimum atomic E-state index is -3.14. The predicted molar refractivity (Wildman–Crippen MR) is 173 cm³/mol. The van der Waals surface area contributed by atoms with Crippen molar-refractivity contribution >= 4 is 34.4 Å². The second kappa shape index (κ2) is 15.0. The van der Waals surface area contributed by atoms with Gasteiger partial charge in [0.15, 0.2) is 5.78 Å². The third-order valence-corrected chi connectivity index (χ3v) is 10.5. The zero-order valence-electron chi connectivity index (χ0n) is 26.0. The summed E-state index contributed by atoms with van der Waals surface area (Å²) in [5.74, 6) is -1.27. The second-order valence-electron chi connectivity index (χ2n) is 12.1. The van der Waals surface area contributed by atoms with E-state index in [9.17, 15) is 27.2 Å². The molecule has 5 heterocycles. The van der Waals surface area contributed by atoms with E-state index in [1.807, 2.05) is 5.32 Å². The van der Waals surface area contributed by atoms with E-state index in [0.29, 0.717) is 17.8 Å². The van der Waals surface area contributed by atoms with E-state index in [0.717, 1.165) is 37.9 Å². The van der Waals surface area contributed by atoms with Gasteiger partial charge in [0.1, 0.15) is 11.6 Å². The lowest BCUT2D eigenvalue weighted by Gasteiger charge is -2.41. The van der Waals surface area contributed by atoms with Crippen molar-refractivity contribution in [3.63, 3.8) is 0 Å². The Morgan fingerprint density at radius 3 is 1.73 bits per heavy atom. The van der Waals surface area contributed by atoms with E-state index >= 15 is 0 Å². The summed E-state index contributed by atoms with van der Waals surface area (Å²) in [5.41, 5.74) is 3.51. The van der Waals surface area contributed by atoms with Gasteiger partial charge in [0, 0.05) is 48.5 Å². The normalized spacial score (nSPS) is 16.0. The summed E-state index contributed by atoms with van der Waals surface area (Å²) in [5, 5.41) is 17.3. The van der Waals surface area contributed by atoms with Crippen LogP contribution in [0.3, 0.4) is 0 Å². The van der Waals surface area contributed by atoms with Crippen LogP contribution in [-0.4, -0.2) is 54.8 Å². The molecule has 5 aromatic rings. The molecule has 2 aliphatic carbocycles. The van der Waals surface area contributed by atoms with Gasteiger partial charge < -0.3 is 9.73 Å². The van der Waals surface area contributed by atoms with Gasteiger partial charge >= 0.3 is 12.9 Å². The Kier molecular flexibility index (Phi) is 10.5. The van der Waals surface area contributed by atoms with Gasteiger partial charge in [0.2, 0.25) is 0 Å². The first-order chi connectivity index (χ1) is 23.7. The molecule has 5 aromatic heterocycles. The highest BCUT2D eigenvalue weighted by atomic mass is 32.1. The molecule has 0 unspecified atom stereocenters. The molecular formula is C33H31F4N7O3S2. The summed E-state index contributed by atoms with van der Waals surface area (Å²) in [6, 6.07) is 4.30. The van der Waals surface area contributed by atoms with Crippen molar-refractivity contribution in [2.75, 3.05) is 6.54 Å². The number of carbonyl (C=O) groups is 2. The van der Waals surface area contributed by atoms with Crippen molar-refractivity contribution in [2.24, 2.45) is 0 Å². The Bertz CT molecular complexity index is 1830. The molecule has 0 aliphatic heterocycles. The first kappa shape index (κ1) is 34.4. The third-order valence-electron chi connectivity index (χ3n) is 9.11. The minimum absolute atomic E-state index is 0.00745. The molecule has 2 aliphatic rings. The summed E-state index contributed by atoms with van der Waals surface area (Å²) >= 11 is 3.37. The molecular weight excluding hydrogens is 683 g/mol. The molecule has 0 aromatic carbocycles. The van der Waals surface area contributed by atoms with Gasteiger partial charge in [-0.3, -0.25) is 9.59 Å². The fourth-order valence-corrected chi connectivity index (χ4v) is 7.57. The van der Waals surface area contributed by atoms with E-state index in [4.69, 9.17) is 4.42 Å². The van der Waals surface area contributed by atoms with Crippen molar-refractivity contribution in [3.05, 3.63) is 92.7 Å². The molecule has 0 saturated heterocycles. The SMILES string of the molecule is FC(F)c1nnc(-c2cnc(CC3(c4ccsc4)CCC3)nc2)o1.O=C(CNC(=O)C(F)F)c1cnc(CC2(c3ccsc3)CCC2)nc1. The standard InChI is InChI=1S/C17H17F2N3O2S.C16H14F2N4OS/c18-15(19)16(24)22-9-13(23)11-7-20-14(21-8-11)6-17(3-1-4-17)12-2-5-25-10-12;17-13(18)15-22-21-14(23-15)10-7-19-12(20-8-10)6-16(3-1-4-16)11-2-5-24-9-11/h2,5,7-8,10,15H,1,3-4,6,9H2,(H,22,24);2,5,7-9,13H,1,3-4,6H2. The van der Waals surface area contributed by atoms with Crippen molar-refractivity contribution in [1.29, 1.82) is 0 Å². The Balaban J connectivity index is 0.000000170. The van der Waals surface area contributed by atoms with E-state index in [2.05, 4.69) is 63.8 Å². The molecule has 7 rings (SSSR count). The highest BCUT2D eigenvalue weighted by Crippen LogP contribution is 2.47. The molecule has 0 radical (unpaired) electrons. The number of alkyl halides is 4. The molecule has 1 amide bonds. The van der Waals surface area contributed by atoms with Crippen molar-refractivity contribution in [2.45, 2.75) is 75.0 Å². The first-order valence-electron chi connectivity index (χ1n) is 15.5. The molecule has 0 spiro atoms. The molecule has 16 heteroatoms. The van der Waals surface area contributed by atoms with E-state index in [1.165, 1.54) is 36.4 Å². The van der Waals surface area contributed by atoms with Crippen molar-refractivity contribution < 1.29 is 31.6 Å². The Morgan fingerprint density at radius 1 is 0.796 bits per heavy atom. The van der Waals surface area contributed by atoms with Crippen molar-refractivity contribution in [1.82, 2.24) is 35.5 Å². The van der Waals surface area contributed by atoms with Gasteiger partial charge in [-0.15, -0.1) is 10.2 Å². The van der Waals surface area contributed by atoms with Crippen LogP contribution in [0, 0.1) is 0 Å². The number of hydrogen-bond acceptors (Lipinski definition) is 11. The zero-order chi connectivity index (χ0) is 34.4. The molecule has 1 N–H and O–H groups in total. The Hall–Kier alpha value is -4.44. The number of rotatable bonds is 12. The minimum Gasteiger partial charge on any atom is -0.415 e. The number of thiophene rings is 2. The van der Waals surface area contributed by atoms with Crippen LogP contribution < -0.4 is 5.32 Å². The van der Waals surface area contributed by atoms with Crippen LogP contribution in [0.5, 0.6) is 0 Å². The number of halogens is 4. The second-order valence-corrected chi connectivity index (χ2v) is 13.7. The number of Topliss-reactive ketones (excluding diaryl/α,β-unsaturated/α-hetero) is 1.